The van der Waals surface area contributed by atoms with Gasteiger partial charge in [0.05, 0.1) is 5.56 Å². The Bertz CT molecular complexity index is 833. The fraction of sp³-hybridized carbons (Fsp3) is 0.429. The molecule has 2 atom stereocenters. The Balaban J connectivity index is 1.62. The molecule has 2 unspecified atom stereocenters. The summed E-state index contributed by atoms with van der Waals surface area (Å²) in [5, 5.41) is 9.21. The molecule has 3 rings (SSSR count). The number of carbonyl (C=O) groups is 1. The van der Waals surface area contributed by atoms with Crippen molar-refractivity contribution < 1.29 is 18.0 Å². The molecule has 0 aromatic heterocycles. The molecule has 0 amide bonds. The number of likely N-dealkylation sites (tertiary alicyclic amines) is 1. The van der Waals surface area contributed by atoms with Crippen molar-refractivity contribution in [2.75, 3.05) is 0 Å². The van der Waals surface area contributed by atoms with E-state index in [1.807, 2.05) is 19.1 Å². The number of hydrogen-bond donors (Lipinski definition) is 0. The monoisotopic (exact) mass is 374 g/mol. The van der Waals surface area contributed by atoms with Crippen molar-refractivity contribution in [3.05, 3.63) is 53.1 Å². The third kappa shape index (κ3) is 4.41. The SMILES string of the molecule is CC1CCC(CC(=O)CC2=CC(c3cccc(C(F)(F)F)c3)=CC2)N1C#N. The van der Waals surface area contributed by atoms with Crippen molar-refractivity contribution in [2.24, 2.45) is 0 Å². The van der Waals surface area contributed by atoms with E-state index in [0.29, 0.717) is 18.4 Å². The van der Waals surface area contributed by atoms with Crippen LogP contribution < -0.4 is 0 Å². The van der Waals surface area contributed by atoms with Gasteiger partial charge in [0.25, 0.3) is 0 Å². The Hall–Kier alpha value is -2.55. The highest BCUT2D eigenvalue weighted by Crippen LogP contribution is 2.34. The van der Waals surface area contributed by atoms with Crippen molar-refractivity contribution in [1.29, 1.82) is 5.26 Å². The zero-order valence-electron chi connectivity index (χ0n) is 15.1. The molecule has 0 N–H and O–H groups in total. The first-order valence-corrected chi connectivity index (χ1v) is 9.05. The Morgan fingerprint density at radius 3 is 2.81 bits per heavy atom. The number of alkyl halides is 3. The van der Waals surface area contributed by atoms with Crippen LogP contribution in [0, 0.1) is 11.5 Å². The highest BCUT2D eigenvalue weighted by Gasteiger charge is 2.32. The molecule has 3 nitrogen and oxygen atoms in total. The number of benzene rings is 1. The van der Waals surface area contributed by atoms with Gasteiger partial charge in [0.15, 0.2) is 6.19 Å². The second-order valence-electron chi connectivity index (χ2n) is 7.25. The number of hydrogen-bond acceptors (Lipinski definition) is 3. The summed E-state index contributed by atoms with van der Waals surface area (Å²) in [6.45, 7) is 1.98. The first kappa shape index (κ1) is 19.2. The molecule has 0 bridgehead atoms. The van der Waals surface area contributed by atoms with Gasteiger partial charge in [-0.1, -0.05) is 29.9 Å². The fourth-order valence-corrected chi connectivity index (χ4v) is 3.82. The minimum atomic E-state index is -4.37. The minimum Gasteiger partial charge on any atom is -0.304 e. The van der Waals surface area contributed by atoms with Gasteiger partial charge in [-0.15, -0.1) is 0 Å². The number of ketones is 1. The standard InChI is InChI=1S/C21H21F3N2O/c1-14-5-8-19(26(14)13-25)12-20(27)10-15-6-7-17(9-15)16-3-2-4-18(11-16)21(22,23)24/h2-4,7,9,11,14,19H,5-6,8,10,12H2,1H3. The molecule has 1 aromatic carbocycles. The topological polar surface area (TPSA) is 44.1 Å². The molecule has 1 heterocycles. The summed E-state index contributed by atoms with van der Waals surface area (Å²) in [7, 11) is 0. The third-order valence-corrected chi connectivity index (χ3v) is 5.26. The summed E-state index contributed by atoms with van der Waals surface area (Å²) < 4.78 is 38.6. The van der Waals surface area contributed by atoms with E-state index in [9.17, 15) is 23.2 Å². The van der Waals surface area contributed by atoms with E-state index < -0.39 is 11.7 Å². The predicted octanol–water partition coefficient (Wildman–Crippen LogP) is 5.10. The molecule has 6 heteroatoms. The highest BCUT2D eigenvalue weighted by atomic mass is 19.4. The summed E-state index contributed by atoms with van der Waals surface area (Å²) in [5.74, 6) is 0.0688. The Kier molecular flexibility index (Phi) is 5.41. The van der Waals surface area contributed by atoms with Gasteiger partial charge in [0.2, 0.25) is 0 Å². The van der Waals surface area contributed by atoms with E-state index in [1.54, 1.807) is 11.0 Å². The van der Waals surface area contributed by atoms with Gasteiger partial charge < -0.3 is 4.90 Å². The average molecular weight is 374 g/mol. The highest BCUT2D eigenvalue weighted by molar-refractivity contribution is 5.85. The van der Waals surface area contributed by atoms with Crippen LogP contribution in [0.4, 0.5) is 13.2 Å². The quantitative estimate of drug-likeness (QED) is 0.674. The Morgan fingerprint density at radius 1 is 1.33 bits per heavy atom. The lowest BCUT2D eigenvalue weighted by molar-refractivity contribution is -0.137. The lowest BCUT2D eigenvalue weighted by atomic mass is 10.0. The zero-order chi connectivity index (χ0) is 19.6. The van der Waals surface area contributed by atoms with E-state index in [0.717, 1.165) is 36.1 Å². The summed E-state index contributed by atoms with van der Waals surface area (Å²) in [6.07, 6.45) is 4.42. The molecule has 0 saturated carbocycles. The molecular weight excluding hydrogens is 353 g/mol. The molecule has 0 radical (unpaired) electrons. The van der Waals surface area contributed by atoms with Gasteiger partial charge in [-0.3, -0.25) is 4.79 Å². The number of rotatable bonds is 5. The minimum absolute atomic E-state index is 0.0320. The molecular formula is C21H21F3N2O. The van der Waals surface area contributed by atoms with Crippen LogP contribution in [0.15, 0.2) is 42.0 Å². The maximum Gasteiger partial charge on any atom is 0.416 e. The summed E-state index contributed by atoms with van der Waals surface area (Å²) in [4.78, 5) is 14.1. The fourth-order valence-electron chi connectivity index (χ4n) is 3.82. The Labute approximate surface area is 156 Å². The number of Topliss-reactive ketones (excluding diaryl/α,β-unsaturated/α-hetero) is 1. The van der Waals surface area contributed by atoms with Crippen molar-refractivity contribution >= 4 is 11.4 Å². The smallest absolute Gasteiger partial charge is 0.304 e. The van der Waals surface area contributed by atoms with Crippen LogP contribution >= 0.6 is 0 Å². The molecule has 142 valence electrons. The summed E-state index contributed by atoms with van der Waals surface area (Å²) in [5.41, 5.74) is 1.46. The van der Waals surface area contributed by atoms with E-state index in [1.165, 1.54) is 6.07 Å². The second kappa shape index (κ2) is 7.59. The first-order chi connectivity index (χ1) is 12.8. The van der Waals surface area contributed by atoms with Crippen LogP contribution in [0.1, 0.15) is 50.2 Å². The Morgan fingerprint density at radius 2 is 2.11 bits per heavy atom. The molecule has 1 fully saturated rings. The lowest BCUT2D eigenvalue weighted by Crippen LogP contribution is -2.31. The van der Waals surface area contributed by atoms with E-state index >= 15 is 0 Å². The summed E-state index contributed by atoms with van der Waals surface area (Å²) in [6, 6.07) is 5.37. The van der Waals surface area contributed by atoms with Gasteiger partial charge >= 0.3 is 6.18 Å². The maximum absolute atomic E-state index is 12.9. The number of carbonyl (C=O) groups excluding carboxylic acids is 1. The molecule has 1 aromatic rings. The average Bonchev–Trinajstić information content (AvgIpc) is 3.21. The number of allylic oxidation sites excluding steroid dienone is 4. The molecule has 2 aliphatic rings. The van der Waals surface area contributed by atoms with Crippen LogP contribution in [0.25, 0.3) is 5.57 Å². The lowest BCUT2D eigenvalue weighted by Gasteiger charge is -2.21. The van der Waals surface area contributed by atoms with Crippen LogP contribution in [0.3, 0.4) is 0 Å². The number of nitrogens with zero attached hydrogens (tertiary/aromatic N) is 2. The van der Waals surface area contributed by atoms with Gasteiger partial charge in [-0.2, -0.15) is 18.4 Å². The molecule has 1 aliphatic carbocycles. The first-order valence-electron chi connectivity index (χ1n) is 9.05. The van der Waals surface area contributed by atoms with Crippen molar-refractivity contribution in [2.45, 2.75) is 57.3 Å². The number of nitriles is 1. The summed E-state index contributed by atoms with van der Waals surface area (Å²) >= 11 is 0. The van der Waals surface area contributed by atoms with Gasteiger partial charge in [-0.25, -0.2) is 0 Å². The van der Waals surface area contributed by atoms with Gasteiger partial charge in [-0.05, 0) is 49.5 Å². The zero-order valence-corrected chi connectivity index (χ0v) is 15.1. The molecule has 1 saturated heterocycles. The van der Waals surface area contributed by atoms with Gasteiger partial charge in [0, 0.05) is 24.9 Å². The third-order valence-electron chi connectivity index (χ3n) is 5.26. The second-order valence-corrected chi connectivity index (χ2v) is 7.25. The predicted molar refractivity (Wildman–Crippen MR) is 96.3 cm³/mol. The largest absolute Gasteiger partial charge is 0.416 e. The van der Waals surface area contributed by atoms with Crippen LogP contribution in [-0.2, 0) is 11.0 Å². The van der Waals surface area contributed by atoms with Crippen molar-refractivity contribution in [3.8, 4) is 6.19 Å². The van der Waals surface area contributed by atoms with Gasteiger partial charge in [0.1, 0.15) is 5.78 Å². The van der Waals surface area contributed by atoms with Crippen LogP contribution in [0.2, 0.25) is 0 Å². The molecule has 0 spiro atoms. The number of halogens is 3. The van der Waals surface area contributed by atoms with Crippen molar-refractivity contribution in [3.63, 3.8) is 0 Å². The van der Waals surface area contributed by atoms with Crippen LogP contribution in [0.5, 0.6) is 0 Å². The molecule has 27 heavy (non-hydrogen) atoms. The van der Waals surface area contributed by atoms with Crippen LogP contribution in [-0.4, -0.2) is 22.8 Å². The van der Waals surface area contributed by atoms with E-state index in [-0.39, 0.29) is 24.3 Å². The normalized spacial score (nSPS) is 22.4. The van der Waals surface area contributed by atoms with E-state index in [2.05, 4.69) is 6.19 Å². The van der Waals surface area contributed by atoms with E-state index in [4.69, 9.17) is 0 Å². The molecule has 1 aliphatic heterocycles. The maximum atomic E-state index is 12.9. The van der Waals surface area contributed by atoms with Crippen molar-refractivity contribution in [1.82, 2.24) is 4.90 Å².